The van der Waals surface area contributed by atoms with Crippen LogP contribution < -0.4 is 5.32 Å². The zero-order valence-electron chi connectivity index (χ0n) is 12.8. The van der Waals surface area contributed by atoms with E-state index >= 15 is 0 Å². The molecular weight excluding hydrogens is 311 g/mol. The topological polar surface area (TPSA) is 55.9 Å². The summed E-state index contributed by atoms with van der Waals surface area (Å²) < 4.78 is 6.90. The second-order valence-electron chi connectivity index (χ2n) is 5.46. The van der Waals surface area contributed by atoms with Crippen molar-refractivity contribution in [2.24, 2.45) is 5.92 Å². The molecule has 0 atom stereocenters. The van der Waals surface area contributed by atoms with Crippen LogP contribution in [0.25, 0.3) is 0 Å². The zero-order chi connectivity index (χ0) is 14.7. The SMILES string of the molecule is Cc1cc(CNCc2c(C)nn(CC(C)C)c2Cl)no1.Cl. The van der Waals surface area contributed by atoms with Crippen molar-refractivity contribution in [1.82, 2.24) is 20.3 Å². The summed E-state index contributed by atoms with van der Waals surface area (Å²) in [5.74, 6) is 1.34. The molecule has 0 unspecified atom stereocenters. The summed E-state index contributed by atoms with van der Waals surface area (Å²) >= 11 is 6.39. The number of rotatable bonds is 6. The Morgan fingerprint density at radius 2 is 2.05 bits per heavy atom. The lowest BCUT2D eigenvalue weighted by atomic mass is 10.2. The molecule has 0 aromatic carbocycles. The lowest BCUT2D eigenvalue weighted by molar-refractivity contribution is 0.388. The maximum atomic E-state index is 6.39. The minimum Gasteiger partial charge on any atom is -0.361 e. The molecule has 1 N–H and O–H groups in total. The van der Waals surface area contributed by atoms with Crippen LogP contribution in [0.1, 0.15) is 36.6 Å². The van der Waals surface area contributed by atoms with E-state index in [1.165, 1.54) is 0 Å². The average molecular weight is 333 g/mol. The first-order valence-electron chi connectivity index (χ1n) is 6.82. The summed E-state index contributed by atoms with van der Waals surface area (Å²) in [5, 5.41) is 12.5. The van der Waals surface area contributed by atoms with Gasteiger partial charge in [-0.05, 0) is 19.8 Å². The van der Waals surface area contributed by atoms with Crippen molar-refractivity contribution in [2.45, 2.75) is 47.3 Å². The second-order valence-corrected chi connectivity index (χ2v) is 5.82. The number of aryl methyl sites for hydroxylation is 2. The van der Waals surface area contributed by atoms with E-state index in [2.05, 4.69) is 29.4 Å². The van der Waals surface area contributed by atoms with Gasteiger partial charge in [-0.1, -0.05) is 30.6 Å². The highest BCUT2D eigenvalue weighted by Gasteiger charge is 2.13. The van der Waals surface area contributed by atoms with Crippen molar-refractivity contribution >= 4 is 24.0 Å². The van der Waals surface area contributed by atoms with Gasteiger partial charge in [0.15, 0.2) is 0 Å². The highest BCUT2D eigenvalue weighted by molar-refractivity contribution is 6.30. The predicted molar refractivity (Wildman–Crippen MR) is 85.8 cm³/mol. The molecular formula is C14H22Cl2N4O. The van der Waals surface area contributed by atoms with Gasteiger partial charge in [0.1, 0.15) is 10.9 Å². The molecule has 0 aliphatic carbocycles. The fourth-order valence-corrected chi connectivity index (χ4v) is 2.39. The Morgan fingerprint density at radius 1 is 1.33 bits per heavy atom. The Labute approximate surface area is 136 Å². The third-order valence-corrected chi connectivity index (χ3v) is 3.43. The Bertz CT molecular complexity index is 578. The standard InChI is InChI=1S/C14H21ClN4O.ClH/c1-9(2)8-19-14(15)13(11(4)17-19)7-16-6-12-5-10(3)20-18-12;/h5,9,16H,6-8H2,1-4H3;1H. The normalized spacial score (nSPS) is 11.0. The first-order chi connectivity index (χ1) is 9.47. The first-order valence-corrected chi connectivity index (χ1v) is 7.20. The summed E-state index contributed by atoms with van der Waals surface area (Å²) in [6.45, 7) is 10.3. The van der Waals surface area contributed by atoms with E-state index in [0.29, 0.717) is 19.0 Å². The molecule has 5 nitrogen and oxygen atoms in total. The highest BCUT2D eigenvalue weighted by atomic mass is 35.5. The van der Waals surface area contributed by atoms with E-state index in [0.717, 1.165) is 34.4 Å². The molecule has 0 saturated heterocycles. The minimum atomic E-state index is 0. The molecule has 2 aromatic heterocycles. The van der Waals surface area contributed by atoms with E-state index in [1.807, 2.05) is 24.6 Å². The third-order valence-electron chi connectivity index (χ3n) is 3.01. The molecule has 2 rings (SSSR count). The first kappa shape index (κ1) is 18.0. The van der Waals surface area contributed by atoms with E-state index in [4.69, 9.17) is 16.1 Å². The Hall–Kier alpha value is -1.04. The van der Waals surface area contributed by atoms with Crippen molar-refractivity contribution in [3.8, 4) is 0 Å². The van der Waals surface area contributed by atoms with Gasteiger partial charge in [-0.15, -0.1) is 12.4 Å². The van der Waals surface area contributed by atoms with E-state index in [-0.39, 0.29) is 12.4 Å². The zero-order valence-corrected chi connectivity index (χ0v) is 14.4. The Balaban J connectivity index is 0.00000220. The van der Waals surface area contributed by atoms with Gasteiger partial charge in [-0.2, -0.15) is 5.10 Å². The molecule has 0 saturated carbocycles. The van der Waals surface area contributed by atoms with Gasteiger partial charge in [0.2, 0.25) is 0 Å². The molecule has 0 spiro atoms. The lowest BCUT2D eigenvalue weighted by Crippen LogP contribution is -2.13. The molecule has 7 heteroatoms. The number of halogens is 2. The van der Waals surface area contributed by atoms with Crippen LogP contribution in [0.3, 0.4) is 0 Å². The van der Waals surface area contributed by atoms with Crippen molar-refractivity contribution in [2.75, 3.05) is 0 Å². The van der Waals surface area contributed by atoms with Crippen LogP contribution in [0, 0.1) is 19.8 Å². The van der Waals surface area contributed by atoms with Gasteiger partial charge in [0, 0.05) is 31.3 Å². The second kappa shape index (κ2) is 7.82. The number of nitrogens with one attached hydrogen (secondary N) is 1. The average Bonchev–Trinajstić information content (AvgIpc) is 2.87. The molecule has 118 valence electrons. The van der Waals surface area contributed by atoms with Crippen molar-refractivity contribution < 1.29 is 4.52 Å². The van der Waals surface area contributed by atoms with Gasteiger partial charge in [-0.25, -0.2) is 0 Å². The van der Waals surface area contributed by atoms with Gasteiger partial charge < -0.3 is 9.84 Å². The van der Waals surface area contributed by atoms with Crippen LogP contribution in [0.5, 0.6) is 0 Å². The van der Waals surface area contributed by atoms with Gasteiger partial charge in [0.05, 0.1) is 11.4 Å². The van der Waals surface area contributed by atoms with E-state index < -0.39 is 0 Å². The molecule has 0 fully saturated rings. The molecule has 0 radical (unpaired) electrons. The fraction of sp³-hybridized carbons (Fsp3) is 0.571. The number of hydrogen-bond acceptors (Lipinski definition) is 4. The maximum absolute atomic E-state index is 6.39. The number of nitrogens with zero attached hydrogens (tertiary/aromatic N) is 3. The fourth-order valence-electron chi connectivity index (χ4n) is 2.07. The van der Waals surface area contributed by atoms with Crippen LogP contribution in [0.2, 0.25) is 5.15 Å². The molecule has 2 heterocycles. The smallest absolute Gasteiger partial charge is 0.133 e. The highest BCUT2D eigenvalue weighted by Crippen LogP contribution is 2.20. The van der Waals surface area contributed by atoms with Crippen LogP contribution in [0.15, 0.2) is 10.6 Å². The Kier molecular flexibility index (Phi) is 6.71. The lowest BCUT2D eigenvalue weighted by Gasteiger charge is -2.06. The van der Waals surface area contributed by atoms with Gasteiger partial charge >= 0.3 is 0 Å². The molecule has 0 aliphatic heterocycles. The third kappa shape index (κ3) is 4.73. The predicted octanol–water partition coefficient (Wildman–Crippen LogP) is 3.51. The van der Waals surface area contributed by atoms with Gasteiger partial charge in [-0.3, -0.25) is 4.68 Å². The molecule has 21 heavy (non-hydrogen) atoms. The van der Waals surface area contributed by atoms with Crippen LogP contribution >= 0.6 is 24.0 Å². The quantitative estimate of drug-likeness (QED) is 0.879. The van der Waals surface area contributed by atoms with Crippen LogP contribution in [-0.4, -0.2) is 14.9 Å². The largest absolute Gasteiger partial charge is 0.361 e. The van der Waals surface area contributed by atoms with Crippen molar-refractivity contribution in [3.63, 3.8) is 0 Å². The summed E-state index contributed by atoms with van der Waals surface area (Å²) in [4.78, 5) is 0. The monoisotopic (exact) mass is 332 g/mol. The summed E-state index contributed by atoms with van der Waals surface area (Å²) in [5.41, 5.74) is 2.91. The number of hydrogen-bond donors (Lipinski definition) is 1. The molecule has 2 aromatic rings. The molecule has 0 bridgehead atoms. The summed E-state index contributed by atoms with van der Waals surface area (Å²) in [7, 11) is 0. The van der Waals surface area contributed by atoms with Crippen LogP contribution in [-0.2, 0) is 19.6 Å². The number of aromatic nitrogens is 3. The molecule has 0 aliphatic rings. The Morgan fingerprint density at radius 3 is 2.62 bits per heavy atom. The van der Waals surface area contributed by atoms with E-state index in [1.54, 1.807) is 0 Å². The van der Waals surface area contributed by atoms with Crippen molar-refractivity contribution in [3.05, 3.63) is 33.9 Å². The van der Waals surface area contributed by atoms with Crippen LogP contribution in [0.4, 0.5) is 0 Å². The van der Waals surface area contributed by atoms with E-state index in [9.17, 15) is 0 Å². The minimum absolute atomic E-state index is 0. The van der Waals surface area contributed by atoms with Gasteiger partial charge in [0.25, 0.3) is 0 Å². The summed E-state index contributed by atoms with van der Waals surface area (Å²) in [6.07, 6.45) is 0. The summed E-state index contributed by atoms with van der Waals surface area (Å²) in [6, 6.07) is 1.92. The maximum Gasteiger partial charge on any atom is 0.133 e. The molecule has 0 amide bonds. The van der Waals surface area contributed by atoms with Crippen molar-refractivity contribution in [1.29, 1.82) is 0 Å².